The summed E-state index contributed by atoms with van der Waals surface area (Å²) in [7, 11) is 0. The third-order valence-corrected chi connectivity index (χ3v) is 6.51. The van der Waals surface area contributed by atoms with Gasteiger partial charge in [-0.05, 0) is 48.4 Å². The van der Waals surface area contributed by atoms with E-state index < -0.39 is 0 Å². The molecule has 1 aliphatic heterocycles. The lowest BCUT2D eigenvalue weighted by Crippen LogP contribution is -2.39. The number of carbonyl (C=O) groups excluding carboxylic acids is 1. The van der Waals surface area contributed by atoms with Crippen LogP contribution in [-0.4, -0.2) is 43.6 Å². The monoisotopic (exact) mass is 419 g/mol. The highest BCUT2D eigenvalue weighted by molar-refractivity contribution is 7.12. The Labute approximate surface area is 177 Å². The van der Waals surface area contributed by atoms with E-state index in [1.54, 1.807) is 10.6 Å². The molecule has 0 spiro atoms. The molecule has 4 aromatic rings. The van der Waals surface area contributed by atoms with Crippen LogP contribution in [0.3, 0.4) is 0 Å². The van der Waals surface area contributed by atoms with Crippen molar-refractivity contribution < 1.29 is 4.79 Å². The smallest absolute Gasteiger partial charge is 0.337 e. The lowest BCUT2D eigenvalue weighted by atomic mass is 9.93. The molecule has 30 heavy (non-hydrogen) atoms. The predicted octanol–water partition coefficient (Wildman–Crippen LogP) is 3.27. The van der Waals surface area contributed by atoms with Gasteiger partial charge < -0.3 is 4.90 Å². The Morgan fingerprint density at radius 3 is 2.73 bits per heavy atom. The number of H-pyrrole nitrogens is 1. The van der Waals surface area contributed by atoms with Crippen molar-refractivity contribution in [3.05, 3.63) is 75.9 Å². The largest absolute Gasteiger partial charge is 0.348 e. The molecule has 0 saturated carbocycles. The number of benzene rings is 1. The molecule has 0 radical (unpaired) electrons. The molecule has 8 heteroatoms. The Morgan fingerprint density at radius 1 is 1.10 bits per heavy atom. The third-order valence-electron chi connectivity index (χ3n) is 5.66. The molecule has 5 rings (SSSR count). The van der Waals surface area contributed by atoms with Gasteiger partial charge >= 0.3 is 5.69 Å². The Kier molecular flexibility index (Phi) is 4.92. The summed E-state index contributed by atoms with van der Waals surface area (Å²) in [6.07, 6.45) is 2.47. The molecule has 0 unspecified atom stereocenters. The number of thiophene rings is 1. The Balaban J connectivity index is 1.25. The van der Waals surface area contributed by atoms with E-state index in [2.05, 4.69) is 15.2 Å². The third kappa shape index (κ3) is 3.54. The highest BCUT2D eigenvalue weighted by Crippen LogP contribution is 2.24. The highest BCUT2D eigenvalue weighted by atomic mass is 32.1. The summed E-state index contributed by atoms with van der Waals surface area (Å²) in [6.45, 7) is 1.37. The number of likely N-dealkylation sites (tertiary alicyclic amines) is 1. The van der Waals surface area contributed by atoms with Crippen LogP contribution in [0.4, 0.5) is 0 Å². The van der Waals surface area contributed by atoms with Gasteiger partial charge in [-0.1, -0.05) is 24.3 Å². The Hall–Kier alpha value is -3.26. The van der Waals surface area contributed by atoms with Crippen molar-refractivity contribution in [2.45, 2.75) is 19.3 Å². The average molecular weight is 420 g/mol. The summed E-state index contributed by atoms with van der Waals surface area (Å²) in [5.74, 6) is 1.12. The van der Waals surface area contributed by atoms with Gasteiger partial charge in [0.15, 0.2) is 0 Å². The standard InChI is InChI=1S/C22H21N5O2S/c28-21(18-8-7-16-4-1-2-5-17(16)23-18)26-11-9-15(10-12-26)14-19-24-25-22(29)27(19)20-6-3-13-30-20/h1-8,13,15H,9-12,14H2,(H,25,29). The topological polar surface area (TPSA) is 83.9 Å². The number of carbonyl (C=O) groups is 1. The second kappa shape index (κ2) is 7.87. The summed E-state index contributed by atoms with van der Waals surface area (Å²) in [5.41, 5.74) is 1.12. The van der Waals surface area contributed by atoms with E-state index in [0.717, 1.165) is 34.6 Å². The molecule has 1 N–H and O–H groups in total. The molecule has 152 valence electrons. The number of pyridine rings is 1. The molecule has 1 aliphatic rings. The summed E-state index contributed by atoms with van der Waals surface area (Å²) in [4.78, 5) is 31.5. The molecular weight excluding hydrogens is 398 g/mol. The Morgan fingerprint density at radius 2 is 1.93 bits per heavy atom. The van der Waals surface area contributed by atoms with E-state index in [-0.39, 0.29) is 11.6 Å². The van der Waals surface area contributed by atoms with Crippen molar-refractivity contribution in [2.75, 3.05) is 13.1 Å². The second-order valence-corrected chi connectivity index (χ2v) is 8.49. The zero-order chi connectivity index (χ0) is 20.5. The van der Waals surface area contributed by atoms with Crippen LogP contribution in [0.5, 0.6) is 0 Å². The minimum atomic E-state index is -0.206. The summed E-state index contributed by atoms with van der Waals surface area (Å²) < 4.78 is 1.65. The number of amides is 1. The van der Waals surface area contributed by atoms with Crippen LogP contribution in [0.2, 0.25) is 0 Å². The number of nitrogens with one attached hydrogen (secondary N) is 1. The number of fused-ring (bicyclic) bond motifs is 1. The van der Waals surface area contributed by atoms with Gasteiger partial charge in [0.1, 0.15) is 16.5 Å². The first-order chi connectivity index (χ1) is 14.7. The van der Waals surface area contributed by atoms with Gasteiger partial charge in [-0.15, -0.1) is 11.3 Å². The fourth-order valence-electron chi connectivity index (χ4n) is 4.04. The molecular formula is C22H21N5O2S. The number of para-hydroxylation sites is 1. The summed E-state index contributed by atoms with van der Waals surface area (Å²) >= 11 is 1.52. The average Bonchev–Trinajstić information content (AvgIpc) is 3.43. The van der Waals surface area contributed by atoms with Gasteiger partial charge in [-0.2, -0.15) is 5.10 Å². The molecule has 1 aromatic carbocycles. The first-order valence-corrected chi connectivity index (χ1v) is 10.9. The van der Waals surface area contributed by atoms with E-state index >= 15 is 0 Å². The Bertz CT molecular complexity index is 1240. The van der Waals surface area contributed by atoms with Crippen molar-refractivity contribution >= 4 is 28.1 Å². The van der Waals surface area contributed by atoms with E-state index in [1.165, 1.54) is 11.3 Å². The van der Waals surface area contributed by atoms with E-state index in [9.17, 15) is 9.59 Å². The van der Waals surface area contributed by atoms with Crippen LogP contribution in [0, 0.1) is 5.92 Å². The van der Waals surface area contributed by atoms with Gasteiger partial charge in [0.05, 0.1) is 5.52 Å². The SMILES string of the molecule is O=C(c1ccc2ccccc2n1)N1CCC(Cc2n[nH]c(=O)n2-c2cccs2)CC1. The molecule has 4 heterocycles. The number of aromatic nitrogens is 4. The number of hydrogen-bond acceptors (Lipinski definition) is 5. The van der Waals surface area contributed by atoms with Crippen molar-refractivity contribution in [3.63, 3.8) is 0 Å². The van der Waals surface area contributed by atoms with Crippen LogP contribution in [0.1, 0.15) is 29.2 Å². The molecule has 1 saturated heterocycles. The van der Waals surface area contributed by atoms with Crippen molar-refractivity contribution in [3.8, 4) is 5.00 Å². The quantitative estimate of drug-likeness (QED) is 0.550. The maximum atomic E-state index is 12.9. The van der Waals surface area contributed by atoms with Crippen LogP contribution in [0.15, 0.2) is 58.7 Å². The lowest BCUT2D eigenvalue weighted by Gasteiger charge is -2.31. The van der Waals surface area contributed by atoms with Crippen LogP contribution in [0.25, 0.3) is 15.9 Å². The summed E-state index contributed by atoms with van der Waals surface area (Å²) in [5, 5.41) is 10.7. The molecule has 1 fully saturated rings. The van der Waals surface area contributed by atoms with Crippen LogP contribution < -0.4 is 5.69 Å². The minimum absolute atomic E-state index is 0.0190. The minimum Gasteiger partial charge on any atom is -0.337 e. The maximum absolute atomic E-state index is 12.9. The zero-order valence-electron chi connectivity index (χ0n) is 16.3. The van der Waals surface area contributed by atoms with Gasteiger partial charge in [0.25, 0.3) is 5.91 Å². The summed E-state index contributed by atoms with van der Waals surface area (Å²) in [6, 6.07) is 15.4. The number of hydrogen-bond donors (Lipinski definition) is 1. The first-order valence-electron chi connectivity index (χ1n) is 10.0. The fraction of sp³-hybridized carbons (Fsp3) is 0.273. The number of rotatable bonds is 4. The number of aromatic amines is 1. The highest BCUT2D eigenvalue weighted by Gasteiger charge is 2.26. The molecule has 7 nitrogen and oxygen atoms in total. The van der Waals surface area contributed by atoms with Gasteiger partial charge in [0, 0.05) is 24.9 Å². The molecule has 0 aliphatic carbocycles. The fourth-order valence-corrected chi connectivity index (χ4v) is 4.78. The van der Waals surface area contributed by atoms with Crippen LogP contribution in [-0.2, 0) is 6.42 Å². The van der Waals surface area contributed by atoms with Gasteiger partial charge in [0.2, 0.25) is 0 Å². The van der Waals surface area contributed by atoms with Crippen molar-refractivity contribution in [1.82, 2.24) is 24.6 Å². The number of nitrogens with zero attached hydrogens (tertiary/aromatic N) is 4. The van der Waals surface area contributed by atoms with E-state index in [4.69, 9.17) is 0 Å². The lowest BCUT2D eigenvalue weighted by molar-refractivity contribution is 0.0684. The maximum Gasteiger partial charge on any atom is 0.348 e. The number of piperidine rings is 1. The van der Waals surface area contributed by atoms with Crippen molar-refractivity contribution in [1.29, 1.82) is 0 Å². The zero-order valence-corrected chi connectivity index (χ0v) is 17.1. The van der Waals surface area contributed by atoms with Gasteiger partial charge in [-0.3, -0.25) is 4.79 Å². The van der Waals surface area contributed by atoms with Crippen molar-refractivity contribution in [2.24, 2.45) is 5.92 Å². The molecule has 1 amide bonds. The van der Waals surface area contributed by atoms with Gasteiger partial charge in [-0.25, -0.2) is 19.4 Å². The van der Waals surface area contributed by atoms with Crippen LogP contribution >= 0.6 is 11.3 Å². The predicted molar refractivity (Wildman–Crippen MR) is 116 cm³/mol. The first kappa shape index (κ1) is 18.7. The second-order valence-electron chi connectivity index (χ2n) is 7.56. The normalized spacial score (nSPS) is 15.0. The molecule has 0 bridgehead atoms. The molecule has 0 atom stereocenters. The molecule has 3 aromatic heterocycles. The van der Waals surface area contributed by atoms with E-state index in [1.807, 2.05) is 52.7 Å². The van der Waals surface area contributed by atoms with E-state index in [0.29, 0.717) is 31.1 Å².